The first-order valence-electron chi connectivity index (χ1n) is 9.16. The lowest BCUT2D eigenvalue weighted by atomic mass is 9.82. The molecule has 6 nitrogen and oxygen atoms in total. The van der Waals surface area contributed by atoms with Gasteiger partial charge in [-0.1, -0.05) is 31.2 Å². The molecule has 4 rings (SSSR count). The van der Waals surface area contributed by atoms with E-state index < -0.39 is 5.54 Å². The Morgan fingerprint density at radius 1 is 1.04 bits per heavy atom. The quantitative estimate of drug-likeness (QED) is 0.764. The number of amides is 1. The number of nitrogens with zero attached hydrogens (tertiary/aromatic N) is 4. The summed E-state index contributed by atoms with van der Waals surface area (Å²) in [6, 6.07) is 15.5. The maximum Gasteiger partial charge on any atom is 0.266 e. The highest BCUT2D eigenvalue weighted by Gasteiger charge is 2.49. The molecule has 1 aromatic carbocycles. The minimum absolute atomic E-state index is 0.179. The first-order chi connectivity index (χ1) is 13.6. The van der Waals surface area contributed by atoms with Gasteiger partial charge in [0.25, 0.3) is 5.91 Å². The Morgan fingerprint density at radius 3 is 2.50 bits per heavy atom. The van der Waals surface area contributed by atoms with Crippen LogP contribution in [-0.2, 0) is 16.8 Å². The molecular weight excluding hydrogens is 350 g/mol. The highest BCUT2D eigenvalue weighted by Crippen LogP contribution is 2.40. The van der Waals surface area contributed by atoms with Crippen molar-refractivity contribution >= 4 is 11.9 Å². The van der Waals surface area contributed by atoms with Gasteiger partial charge < -0.3 is 5.73 Å². The van der Waals surface area contributed by atoms with Crippen molar-refractivity contribution < 1.29 is 4.79 Å². The summed E-state index contributed by atoms with van der Waals surface area (Å²) in [6.07, 6.45) is 6.02. The Bertz CT molecular complexity index is 1060. The van der Waals surface area contributed by atoms with Gasteiger partial charge in [-0.15, -0.1) is 0 Å². The van der Waals surface area contributed by atoms with Gasteiger partial charge in [0.15, 0.2) is 11.5 Å². The smallest absolute Gasteiger partial charge is 0.266 e. The van der Waals surface area contributed by atoms with E-state index in [1.807, 2.05) is 55.5 Å². The summed E-state index contributed by atoms with van der Waals surface area (Å²) < 4.78 is 0. The van der Waals surface area contributed by atoms with Crippen LogP contribution in [0.25, 0.3) is 11.1 Å². The van der Waals surface area contributed by atoms with Crippen LogP contribution in [0.4, 0.5) is 0 Å². The number of aryl methyl sites for hydroxylation is 1. The third kappa shape index (κ3) is 2.74. The fourth-order valence-electron chi connectivity index (χ4n) is 3.54. The molecule has 0 aliphatic carbocycles. The van der Waals surface area contributed by atoms with Crippen LogP contribution in [0.3, 0.4) is 0 Å². The van der Waals surface area contributed by atoms with E-state index in [9.17, 15) is 4.79 Å². The largest absolute Gasteiger partial charge is 0.369 e. The molecule has 140 valence electrons. The van der Waals surface area contributed by atoms with Crippen LogP contribution in [0, 0.1) is 0 Å². The number of nitrogens with two attached hydrogens (primary N) is 1. The van der Waals surface area contributed by atoms with Crippen LogP contribution in [0.5, 0.6) is 0 Å². The standard InChI is InChI=1S/C22H21N5O/c1-3-19-13-18(9-11-25-19)22(20(28)27(2)21(23)26-22)17-8-4-6-15(12-17)16-7-5-10-24-14-16/h4-14H,3H2,1-2H3,(H2,23,26). The SMILES string of the molecule is CCc1cc(C2(c3cccc(-c4cccnc4)c3)N=C(N)N(C)C2=O)ccn1. The minimum atomic E-state index is -1.22. The third-order valence-electron chi connectivity index (χ3n) is 5.11. The topological polar surface area (TPSA) is 84.5 Å². The number of likely N-dealkylation sites (N-methyl/N-ethyl adjacent to an activating group) is 1. The maximum atomic E-state index is 13.4. The number of aliphatic imine (C=N–C) groups is 1. The lowest BCUT2D eigenvalue weighted by Gasteiger charge is -2.26. The third-order valence-corrected chi connectivity index (χ3v) is 5.11. The zero-order valence-corrected chi connectivity index (χ0v) is 15.8. The fraction of sp³-hybridized carbons (Fsp3) is 0.182. The second-order valence-electron chi connectivity index (χ2n) is 6.76. The number of hydrogen-bond acceptors (Lipinski definition) is 5. The van der Waals surface area contributed by atoms with Crippen molar-refractivity contribution in [2.75, 3.05) is 7.05 Å². The number of rotatable bonds is 4. The van der Waals surface area contributed by atoms with Crippen molar-refractivity contribution in [2.24, 2.45) is 10.7 Å². The van der Waals surface area contributed by atoms with Crippen LogP contribution in [0.1, 0.15) is 23.7 Å². The molecule has 1 atom stereocenters. The van der Waals surface area contributed by atoms with Crippen LogP contribution >= 0.6 is 0 Å². The van der Waals surface area contributed by atoms with Gasteiger partial charge in [-0.3, -0.25) is 19.7 Å². The molecule has 1 aliphatic rings. The molecule has 0 spiro atoms. The summed E-state index contributed by atoms with van der Waals surface area (Å²) in [6.45, 7) is 2.03. The van der Waals surface area contributed by atoms with Crippen molar-refractivity contribution in [3.05, 3.63) is 83.9 Å². The maximum absolute atomic E-state index is 13.4. The van der Waals surface area contributed by atoms with E-state index in [1.54, 1.807) is 25.6 Å². The zero-order valence-electron chi connectivity index (χ0n) is 15.8. The Labute approximate surface area is 163 Å². The van der Waals surface area contributed by atoms with Gasteiger partial charge >= 0.3 is 0 Å². The van der Waals surface area contributed by atoms with E-state index >= 15 is 0 Å². The average molecular weight is 371 g/mol. The number of hydrogen-bond donors (Lipinski definition) is 1. The first kappa shape index (κ1) is 17.9. The van der Waals surface area contributed by atoms with E-state index in [2.05, 4.69) is 15.0 Å². The summed E-state index contributed by atoms with van der Waals surface area (Å²) in [5.41, 5.74) is 9.21. The molecule has 3 heterocycles. The molecule has 2 aromatic heterocycles. The Morgan fingerprint density at radius 2 is 1.82 bits per heavy atom. The molecule has 1 aliphatic heterocycles. The molecule has 1 amide bonds. The molecule has 0 bridgehead atoms. The Balaban J connectivity index is 1.95. The van der Waals surface area contributed by atoms with E-state index in [4.69, 9.17) is 5.73 Å². The number of guanidine groups is 1. The van der Waals surface area contributed by atoms with Crippen molar-refractivity contribution in [1.29, 1.82) is 0 Å². The lowest BCUT2D eigenvalue weighted by molar-refractivity contribution is -0.129. The van der Waals surface area contributed by atoms with Gasteiger partial charge in [0, 0.05) is 31.3 Å². The lowest BCUT2D eigenvalue weighted by Crippen LogP contribution is -2.41. The molecule has 0 saturated carbocycles. The first-order valence-corrected chi connectivity index (χ1v) is 9.16. The second-order valence-corrected chi connectivity index (χ2v) is 6.76. The number of carbonyl (C=O) groups excluding carboxylic acids is 1. The van der Waals surface area contributed by atoms with Crippen LogP contribution < -0.4 is 5.73 Å². The van der Waals surface area contributed by atoms with Crippen molar-refractivity contribution in [1.82, 2.24) is 14.9 Å². The Kier molecular flexibility index (Phi) is 4.39. The van der Waals surface area contributed by atoms with E-state index in [1.165, 1.54) is 4.90 Å². The van der Waals surface area contributed by atoms with Gasteiger partial charge in [0.05, 0.1) is 0 Å². The molecular formula is C22H21N5O. The van der Waals surface area contributed by atoms with E-state index in [0.717, 1.165) is 34.4 Å². The number of benzene rings is 1. The zero-order chi connectivity index (χ0) is 19.7. The van der Waals surface area contributed by atoms with Crippen molar-refractivity contribution in [3.8, 4) is 11.1 Å². The van der Waals surface area contributed by atoms with E-state index in [-0.39, 0.29) is 11.9 Å². The molecule has 0 saturated heterocycles. The molecule has 2 N–H and O–H groups in total. The Hall–Kier alpha value is -3.54. The summed E-state index contributed by atoms with van der Waals surface area (Å²) in [5.74, 6) is 0.0215. The van der Waals surface area contributed by atoms with Crippen molar-refractivity contribution in [3.63, 3.8) is 0 Å². The van der Waals surface area contributed by atoms with Crippen LogP contribution in [0.15, 0.2) is 72.1 Å². The predicted molar refractivity (Wildman–Crippen MR) is 108 cm³/mol. The molecule has 3 aromatic rings. The van der Waals surface area contributed by atoms with Crippen LogP contribution in [-0.4, -0.2) is 33.8 Å². The predicted octanol–water partition coefficient (Wildman–Crippen LogP) is 2.74. The average Bonchev–Trinajstić information content (AvgIpc) is 2.99. The van der Waals surface area contributed by atoms with Crippen molar-refractivity contribution in [2.45, 2.75) is 18.9 Å². The summed E-state index contributed by atoms with van der Waals surface area (Å²) in [7, 11) is 1.65. The highest BCUT2D eigenvalue weighted by molar-refractivity contribution is 6.09. The van der Waals surface area contributed by atoms with Gasteiger partial charge in [0.1, 0.15) is 0 Å². The summed E-state index contributed by atoms with van der Waals surface area (Å²) in [5, 5.41) is 0. The molecule has 6 heteroatoms. The molecule has 28 heavy (non-hydrogen) atoms. The number of pyridine rings is 2. The summed E-state index contributed by atoms with van der Waals surface area (Å²) in [4.78, 5) is 28.0. The summed E-state index contributed by atoms with van der Waals surface area (Å²) >= 11 is 0. The molecule has 0 fully saturated rings. The van der Waals surface area contributed by atoms with Gasteiger partial charge in [-0.05, 0) is 52.9 Å². The fourth-order valence-corrected chi connectivity index (χ4v) is 3.54. The normalized spacial score (nSPS) is 19.0. The van der Waals surface area contributed by atoms with E-state index in [0.29, 0.717) is 0 Å². The minimum Gasteiger partial charge on any atom is -0.369 e. The highest BCUT2D eigenvalue weighted by atomic mass is 16.2. The monoisotopic (exact) mass is 371 g/mol. The van der Waals surface area contributed by atoms with Gasteiger partial charge in [-0.25, -0.2) is 4.99 Å². The number of carbonyl (C=O) groups is 1. The number of aromatic nitrogens is 2. The van der Waals surface area contributed by atoms with Gasteiger partial charge in [-0.2, -0.15) is 0 Å². The molecule has 1 unspecified atom stereocenters. The second kappa shape index (κ2) is 6.88. The van der Waals surface area contributed by atoms with Crippen LogP contribution in [0.2, 0.25) is 0 Å². The van der Waals surface area contributed by atoms with Gasteiger partial charge in [0.2, 0.25) is 0 Å². The molecule has 0 radical (unpaired) electrons.